The molecule has 0 aliphatic heterocycles. The van der Waals surface area contributed by atoms with E-state index < -0.39 is 0 Å². The summed E-state index contributed by atoms with van der Waals surface area (Å²) in [5.74, 6) is 2.25. The maximum atomic E-state index is 5.70. The summed E-state index contributed by atoms with van der Waals surface area (Å²) >= 11 is 0. The summed E-state index contributed by atoms with van der Waals surface area (Å²) in [5, 5.41) is 3.99. The Bertz CT molecular complexity index is 519. The molecular weight excluding hydrogens is 242 g/mol. The minimum atomic E-state index is 0.362. The quantitative estimate of drug-likeness (QED) is 0.903. The van der Waals surface area contributed by atoms with E-state index in [0.717, 1.165) is 38.1 Å². The van der Waals surface area contributed by atoms with Gasteiger partial charge in [-0.25, -0.2) is 4.98 Å². The summed E-state index contributed by atoms with van der Waals surface area (Å²) in [6.07, 6.45) is 9.32. The van der Waals surface area contributed by atoms with E-state index >= 15 is 0 Å². The Morgan fingerprint density at radius 3 is 2.74 bits per heavy atom. The van der Waals surface area contributed by atoms with Gasteiger partial charge in [0.25, 0.3) is 0 Å². The first-order valence-electron chi connectivity index (χ1n) is 6.67. The summed E-state index contributed by atoms with van der Waals surface area (Å²) in [4.78, 5) is 12.6. The van der Waals surface area contributed by atoms with Crippen LogP contribution in [0.1, 0.15) is 37.5 Å². The van der Waals surface area contributed by atoms with Gasteiger partial charge in [-0.3, -0.25) is 4.98 Å². The van der Waals surface area contributed by atoms with E-state index in [9.17, 15) is 0 Å². The lowest BCUT2D eigenvalue weighted by molar-refractivity contribution is 0.275. The van der Waals surface area contributed by atoms with Crippen molar-refractivity contribution in [2.24, 2.45) is 11.7 Å². The largest absolute Gasteiger partial charge is 0.339 e. The molecule has 0 saturated heterocycles. The van der Waals surface area contributed by atoms with Crippen molar-refractivity contribution in [1.82, 2.24) is 20.1 Å². The average molecular weight is 259 g/mol. The third-order valence-electron chi connectivity index (χ3n) is 3.76. The second kappa shape index (κ2) is 5.44. The molecule has 19 heavy (non-hydrogen) atoms. The predicted octanol–water partition coefficient (Wildman–Crippen LogP) is 1.76. The fourth-order valence-electron chi connectivity index (χ4n) is 2.56. The Morgan fingerprint density at radius 1 is 1.21 bits per heavy atom. The molecule has 6 nitrogen and oxygen atoms in total. The molecule has 2 N–H and O–H groups in total. The van der Waals surface area contributed by atoms with Crippen molar-refractivity contribution >= 4 is 0 Å². The molecular formula is C13H17N5O. The molecule has 1 aliphatic carbocycles. The maximum Gasteiger partial charge on any atom is 0.230 e. The summed E-state index contributed by atoms with van der Waals surface area (Å²) < 4.78 is 5.37. The Morgan fingerprint density at radius 2 is 2.05 bits per heavy atom. The van der Waals surface area contributed by atoms with E-state index in [-0.39, 0.29) is 0 Å². The van der Waals surface area contributed by atoms with Crippen molar-refractivity contribution in [1.29, 1.82) is 0 Å². The number of nitrogens with two attached hydrogens (primary N) is 1. The molecule has 6 heteroatoms. The van der Waals surface area contributed by atoms with Crippen molar-refractivity contribution in [2.45, 2.75) is 31.6 Å². The van der Waals surface area contributed by atoms with E-state index in [2.05, 4.69) is 20.1 Å². The van der Waals surface area contributed by atoms with E-state index in [0.29, 0.717) is 23.4 Å². The van der Waals surface area contributed by atoms with Gasteiger partial charge in [0.2, 0.25) is 11.7 Å². The molecule has 100 valence electrons. The highest BCUT2D eigenvalue weighted by Crippen LogP contribution is 2.34. The first-order chi connectivity index (χ1) is 9.36. The molecule has 0 amide bonds. The van der Waals surface area contributed by atoms with Gasteiger partial charge in [0.15, 0.2) is 0 Å². The van der Waals surface area contributed by atoms with Crippen LogP contribution in [0.2, 0.25) is 0 Å². The highest BCUT2D eigenvalue weighted by molar-refractivity contribution is 5.45. The lowest BCUT2D eigenvalue weighted by Crippen LogP contribution is -2.20. The van der Waals surface area contributed by atoms with Gasteiger partial charge in [-0.05, 0) is 38.1 Å². The van der Waals surface area contributed by atoms with Crippen LogP contribution in [-0.2, 0) is 0 Å². The van der Waals surface area contributed by atoms with Crippen LogP contribution in [0.5, 0.6) is 0 Å². The van der Waals surface area contributed by atoms with Gasteiger partial charge >= 0.3 is 0 Å². The Kier molecular flexibility index (Phi) is 3.50. The van der Waals surface area contributed by atoms with Gasteiger partial charge in [-0.2, -0.15) is 4.98 Å². The zero-order chi connectivity index (χ0) is 13.1. The summed E-state index contributed by atoms with van der Waals surface area (Å²) in [6, 6.07) is 0. The molecule has 0 bridgehead atoms. The molecule has 1 saturated carbocycles. The first kappa shape index (κ1) is 12.2. The van der Waals surface area contributed by atoms with E-state index in [1.54, 1.807) is 18.6 Å². The van der Waals surface area contributed by atoms with Gasteiger partial charge in [0.05, 0.1) is 6.20 Å². The number of rotatable bonds is 3. The van der Waals surface area contributed by atoms with Crippen molar-refractivity contribution in [3.05, 3.63) is 24.5 Å². The van der Waals surface area contributed by atoms with Crippen LogP contribution < -0.4 is 5.73 Å². The number of hydrogen-bond donors (Lipinski definition) is 1. The minimum Gasteiger partial charge on any atom is -0.339 e. The molecule has 2 aromatic rings. The van der Waals surface area contributed by atoms with Gasteiger partial charge in [-0.1, -0.05) is 5.16 Å². The Labute approximate surface area is 111 Å². The fourth-order valence-corrected chi connectivity index (χ4v) is 2.56. The summed E-state index contributed by atoms with van der Waals surface area (Å²) in [6.45, 7) is 0.779. The second-order valence-corrected chi connectivity index (χ2v) is 5.00. The standard InChI is InChI=1S/C13H17N5O/c14-7-9-1-3-10(4-2-9)13-17-12(18-19-13)11-8-15-5-6-16-11/h5-6,8-10H,1-4,7,14H2. The lowest BCUT2D eigenvalue weighted by atomic mass is 9.82. The normalized spacial score (nSPS) is 23.4. The number of hydrogen-bond acceptors (Lipinski definition) is 6. The highest BCUT2D eigenvalue weighted by atomic mass is 16.5. The molecule has 0 aromatic carbocycles. The molecule has 0 atom stereocenters. The molecule has 0 spiro atoms. The van der Waals surface area contributed by atoms with Crippen molar-refractivity contribution in [2.75, 3.05) is 6.54 Å². The van der Waals surface area contributed by atoms with Gasteiger partial charge in [0.1, 0.15) is 5.69 Å². The Hall–Kier alpha value is -1.82. The molecule has 0 unspecified atom stereocenters. The van der Waals surface area contributed by atoms with Crippen LogP contribution in [0.15, 0.2) is 23.1 Å². The molecule has 2 aromatic heterocycles. The monoisotopic (exact) mass is 259 g/mol. The summed E-state index contributed by atoms with van der Waals surface area (Å²) in [5.41, 5.74) is 6.35. The lowest BCUT2D eigenvalue weighted by Gasteiger charge is -2.24. The highest BCUT2D eigenvalue weighted by Gasteiger charge is 2.26. The molecule has 3 rings (SSSR count). The topological polar surface area (TPSA) is 90.7 Å². The fraction of sp³-hybridized carbons (Fsp3) is 0.538. The van der Waals surface area contributed by atoms with Gasteiger partial charge < -0.3 is 10.3 Å². The van der Waals surface area contributed by atoms with Crippen LogP contribution in [-0.4, -0.2) is 26.7 Å². The van der Waals surface area contributed by atoms with Crippen LogP contribution >= 0.6 is 0 Å². The van der Waals surface area contributed by atoms with E-state index in [1.165, 1.54) is 0 Å². The minimum absolute atomic E-state index is 0.362. The Balaban J connectivity index is 1.72. The van der Waals surface area contributed by atoms with Crippen LogP contribution in [0.25, 0.3) is 11.5 Å². The van der Waals surface area contributed by atoms with E-state index in [1.807, 2.05) is 0 Å². The smallest absolute Gasteiger partial charge is 0.230 e. The van der Waals surface area contributed by atoms with E-state index in [4.69, 9.17) is 10.3 Å². The predicted molar refractivity (Wildman–Crippen MR) is 69.1 cm³/mol. The molecule has 1 aliphatic rings. The second-order valence-electron chi connectivity index (χ2n) is 5.00. The molecule has 2 heterocycles. The SMILES string of the molecule is NCC1CCC(c2nc(-c3cnccn3)no2)CC1. The average Bonchev–Trinajstić information content (AvgIpc) is 2.98. The van der Waals surface area contributed by atoms with Gasteiger partial charge in [0, 0.05) is 18.3 Å². The summed E-state index contributed by atoms with van der Waals surface area (Å²) in [7, 11) is 0. The maximum absolute atomic E-state index is 5.70. The third-order valence-corrected chi connectivity index (χ3v) is 3.76. The van der Waals surface area contributed by atoms with Crippen LogP contribution in [0.3, 0.4) is 0 Å². The first-order valence-corrected chi connectivity index (χ1v) is 6.67. The van der Waals surface area contributed by atoms with Crippen LogP contribution in [0, 0.1) is 5.92 Å². The zero-order valence-corrected chi connectivity index (χ0v) is 10.7. The number of nitrogens with zero attached hydrogens (tertiary/aromatic N) is 4. The number of aromatic nitrogens is 4. The van der Waals surface area contributed by atoms with Gasteiger partial charge in [-0.15, -0.1) is 0 Å². The van der Waals surface area contributed by atoms with Crippen molar-refractivity contribution in [3.8, 4) is 11.5 Å². The third kappa shape index (κ3) is 2.63. The van der Waals surface area contributed by atoms with Crippen molar-refractivity contribution < 1.29 is 4.52 Å². The zero-order valence-electron chi connectivity index (χ0n) is 10.7. The molecule has 1 fully saturated rings. The van der Waals surface area contributed by atoms with Crippen molar-refractivity contribution in [3.63, 3.8) is 0 Å². The molecule has 0 radical (unpaired) electrons. The van der Waals surface area contributed by atoms with Crippen LogP contribution in [0.4, 0.5) is 0 Å².